The molecule has 0 bridgehead atoms. The van der Waals surface area contributed by atoms with E-state index in [9.17, 15) is 9.59 Å². The highest BCUT2D eigenvalue weighted by atomic mass is 16.2. The highest BCUT2D eigenvalue weighted by molar-refractivity contribution is 6.09. The number of fused-ring (bicyclic) bond motifs is 1. The van der Waals surface area contributed by atoms with Crippen LogP contribution in [-0.2, 0) is 0 Å². The van der Waals surface area contributed by atoms with Crippen molar-refractivity contribution < 1.29 is 9.59 Å². The molecule has 0 spiro atoms. The van der Waals surface area contributed by atoms with E-state index in [1.54, 1.807) is 24.0 Å². The summed E-state index contributed by atoms with van der Waals surface area (Å²) in [5.41, 5.74) is 9.69. The van der Waals surface area contributed by atoms with Crippen molar-refractivity contribution in [1.82, 2.24) is 9.88 Å². The molecule has 0 aliphatic rings. The first-order chi connectivity index (χ1) is 13.0. The Bertz CT molecular complexity index is 1010. The van der Waals surface area contributed by atoms with Gasteiger partial charge in [0.05, 0.1) is 16.8 Å². The summed E-state index contributed by atoms with van der Waals surface area (Å²) in [7, 11) is 0. The lowest BCUT2D eigenvalue weighted by Crippen LogP contribution is -2.30. The summed E-state index contributed by atoms with van der Waals surface area (Å²) < 4.78 is 0. The number of hydrogen-bond acceptors (Lipinski definition) is 3. The molecule has 2 amide bonds. The van der Waals surface area contributed by atoms with Crippen LogP contribution in [0.3, 0.4) is 0 Å². The maximum atomic E-state index is 12.5. The molecule has 2 aromatic carbocycles. The van der Waals surface area contributed by atoms with E-state index in [0.717, 1.165) is 22.0 Å². The summed E-state index contributed by atoms with van der Waals surface area (Å²) in [4.78, 5) is 30.9. The first kappa shape index (κ1) is 18.6. The fourth-order valence-corrected chi connectivity index (χ4v) is 3.41. The van der Waals surface area contributed by atoms with Gasteiger partial charge in [-0.15, -0.1) is 0 Å². The minimum absolute atomic E-state index is 0.00237. The molecule has 1 heterocycles. The van der Waals surface area contributed by atoms with Crippen molar-refractivity contribution in [2.75, 3.05) is 13.1 Å². The van der Waals surface area contributed by atoms with Gasteiger partial charge in [0.15, 0.2) is 0 Å². The fraction of sp³-hybridized carbons (Fsp3) is 0.227. The van der Waals surface area contributed by atoms with E-state index in [0.29, 0.717) is 29.9 Å². The minimum atomic E-state index is -0.510. The first-order valence-corrected chi connectivity index (χ1v) is 9.06. The third kappa shape index (κ3) is 3.40. The summed E-state index contributed by atoms with van der Waals surface area (Å²) in [6, 6.07) is 15.0. The summed E-state index contributed by atoms with van der Waals surface area (Å²) in [5.74, 6) is -0.513. The van der Waals surface area contributed by atoms with Gasteiger partial charge in [0.2, 0.25) is 0 Å². The number of pyridine rings is 1. The summed E-state index contributed by atoms with van der Waals surface area (Å²) in [6.45, 7) is 7.03. The minimum Gasteiger partial charge on any atom is -0.366 e. The maximum Gasteiger partial charge on any atom is 0.253 e. The largest absolute Gasteiger partial charge is 0.366 e. The molecule has 0 atom stereocenters. The number of primary amides is 1. The second-order valence-corrected chi connectivity index (χ2v) is 6.38. The zero-order valence-corrected chi connectivity index (χ0v) is 15.8. The lowest BCUT2D eigenvalue weighted by molar-refractivity contribution is 0.0772. The maximum absolute atomic E-state index is 12.5. The van der Waals surface area contributed by atoms with Gasteiger partial charge in [-0.05, 0) is 44.5 Å². The van der Waals surface area contributed by atoms with Crippen LogP contribution in [0, 0.1) is 6.92 Å². The highest BCUT2D eigenvalue weighted by Gasteiger charge is 2.19. The zero-order chi connectivity index (χ0) is 19.6. The van der Waals surface area contributed by atoms with E-state index in [4.69, 9.17) is 5.73 Å². The molecule has 138 valence electrons. The van der Waals surface area contributed by atoms with E-state index < -0.39 is 5.91 Å². The number of nitrogens with two attached hydrogens (primary N) is 1. The smallest absolute Gasteiger partial charge is 0.253 e. The van der Waals surface area contributed by atoms with Crippen LogP contribution in [0.25, 0.3) is 22.0 Å². The van der Waals surface area contributed by atoms with Gasteiger partial charge in [0.25, 0.3) is 11.8 Å². The molecule has 5 nitrogen and oxygen atoms in total. The molecule has 2 N–H and O–H groups in total. The number of rotatable bonds is 5. The number of hydrogen-bond donors (Lipinski definition) is 1. The predicted molar refractivity (Wildman–Crippen MR) is 108 cm³/mol. The summed E-state index contributed by atoms with van der Waals surface area (Å²) in [6.07, 6.45) is 0. The van der Waals surface area contributed by atoms with E-state index in [1.165, 1.54) is 0 Å². The molecule has 0 saturated carbocycles. The molecule has 0 unspecified atom stereocenters. The Kier molecular flexibility index (Phi) is 5.21. The average Bonchev–Trinajstić information content (AvgIpc) is 2.67. The number of para-hydroxylation sites is 1. The Morgan fingerprint density at radius 1 is 1.00 bits per heavy atom. The third-order valence-corrected chi connectivity index (χ3v) is 4.79. The van der Waals surface area contributed by atoms with E-state index >= 15 is 0 Å². The number of carbonyl (C=O) groups is 2. The number of aryl methyl sites for hydroxylation is 1. The molecule has 27 heavy (non-hydrogen) atoms. The van der Waals surface area contributed by atoms with Gasteiger partial charge in [-0.25, -0.2) is 0 Å². The molecular weight excluding hydrogens is 338 g/mol. The molecule has 0 aliphatic heterocycles. The van der Waals surface area contributed by atoms with Crippen molar-refractivity contribution in [2.45, 2.75) is 20.8 Å². The van der Waals surface area contributed by atoms with Crippen molar-refractivity contribution >= 4 is 22.7 Å². The standard InChI is InChI=1S/C22H23N3O2/c1-4-25(5-2)22(27)16-12-10-15(11-13-16)20-17-8-6-7-9-18(17)24-14(3)19(20)21(23)26/h6-13H,4-5H2,1-3H3,(H2,23,26). The van der Waals surface area contributed by atoms with Crippen LogP contribution in [0.1, 0.15) is 40.3 Å². The predicted octanol–water partition coefficient (Wildman–Crippen LogP) is 3.79. The van der Waals surface area contributed by atoms with Crippen molar-refractivity contribution in [1.29, 1.82) is 0 Å². The third-order valence-electron chi connectivity index (χ3n) is 4.79. The van der Waals surface area contributed by atoms with Gasteiger partial charge in [0, 0.05) is 29.6 Å². The molecule has 3 aromatic rings. The van der Waals surface area contributed by atoms with Gasteiger partial charge >= 0.3 is 0 Å². The van der Waals surface area contributed by atoms with Gasteiger partial charge in [0.1, 0.15) is 0 Å². The quantitative estimate of drug-likeness (QED) is 0.751. The molecular formula is C22H23N3O2. The van der Waals surface area contributed by atoms with Crippen molar-refractivity contribution in [2.24, 2.45) is 5.73 Å². The van der Waals surface area contributed by atoms with Crippen molar-refractivity contribution in [3.05, 3.63) is 65.4 Å². The zero-order valence-electron chi connectivity index (χ0n) is 15.8. The Balaban J connectivity index is 2.16. The fourth-order valence-electron chi connectivity index (χ4n) is 3.41. The van der Waals surface area contributed by atoms with Crippen LogP contribution in [-0.4, -0.2) is 34.8 Å². The Labute approximate surface area is 158 Å². The summed E-state index contributed by atoms with van der Waals surface area (Å²) >= 11 is 0. The number of amides is 2. The summed E-state index contributed by atoms with van der Waals surface area (Å²) in [5, 5.41) is 0.861. The van der Waals surface area contributed by atoms with Gasteiger partial charge in [-0.1, -0.05) is 30.3 Å². The molecule has 0 aliphatic carbocycles. The second kappa shape index (κ2) is 7.58. The van der Waals surface area contributed by atoms with Crippen molar-refractivity contribution in [3.63, 3.8) is 0 Å². The van der Waals surface area contributed by atoms with Gasteiger partial charge in [-0.3, -0.25) is 14.6 Å². The lowest BCUT2D eigenvalue weighted by atomic mass is 9.93. The van der Waals surface area contributed by atoms with E-state index in [-0.39, 0.29) is 5.91 Å². The first-order valence-electron chi connectivity index (χ1n) is 9.06. The van der Waals surface area contributed by atoms with Crippen LogP contribution < -0.4 is 5.73 Å². The van der Waals surface area contributed by atoms with Crippen LogP contribution in [0.15, 0.2) is 48.5 Å². The number of carbonyl (C=O) groups excluding carboxylic acids is 2. The monoisotopic (exact) mass is 361 g/mol. The SMILES string of the molecule is CCN(CC)C(=O)c1ccc(-c2c(C(N)=O)c(C)nc3ccccc23)cc1. The molecule has 0 fully saturated rings. The number of nitrogens with zero attached hydrogens (tertiary/aromatic N) is 2. The van der Waals surface area contributed by atoms with Crippen LogP contribution in [0.2, 0.25) is 0 Å². The topological polar surface area (TPSA) is 76.3 Å². The Morgan fingerprint density at radius 2 is 1.63 bits per heavy atom. The molecule has 1 aromatic heterocycles. The molecule has 0 radical (unpaired) electrons. The molecule has 5 heteroatoms. The number of benzene rings is 2. The Morgan fingerprint density at radius 3 is 2.22 bits per heavy atom. The van der Waals surface area contributed by atoms with Gasteiger partial charge < -0.3 is 10.6 Å². The molecule has 3 rings (SSSR count). The van der Waals surface area contributed by atoms with Crippen LogP contribution >= 0.6 is 0 Å². The normalized spacial score (nSPS) is 10.8. The second-order valence-electron chi connectivity index (χ2n) is 6.38. The average molecular weight is 361 g/mol. The number of aromatic nitrogens is 1. The van der Waals surface area contributed by atoms with Crippen molar-refractivity contribution in [3.8, 4) is 11.1 Å². The van der Waals surface area contributed by atoms with Gasteiger partial charge in [-0.2, -0.15) is 0 Å². The lowest BCUT2D eigenvalue weighted by Gasteiger charge is -2.19. The highest BCUT2D eigenvalue weighted by Crippen LogP contribution is 2.33. The van der Waals surface area contributed by atoms with Crippen LogP contribution in [0.5, 0.6) is 0 Å². The van der Waals surface area contributed by atoms with E-state index in [2.05, 4.69) is 4.98 Å². The molecule has 0 saturated heterocycles. The van der Waals surface area contributed by atoms with Crippen LogP contribution in [0.4, 0.5) is 0 Å². The van der Waals surface area contributed by atoms with E-state index in [1.807, 2.05) is 50.2 Å². The Hall–Kier alpha value is -3.21.